The Labute approximate surface area is 112 Å². The fourth-order valence-electron chi connectivity index (χ4n) is 1.57. The Morgan fingerprint density at radius 3 is 2.32 bits per heavy atom. The largest absolute Gasteiger partial charge is 0.495 e. The molecule has 0 fully saturated rings. The van der Waals surface area contributed by atoms with Crippen molar-refractivity contribution in [3.05, 3.63) is 35.4 Å². The Morgan fingerprint density at radius 1 is 1.21 bits per heavy atom. The molecule has 0 saturated carbocycles. The molecule has 0 spiro atoms. The van der Waals surface area contributed by atoms with Crippen LogP contribution in [0.5, 0.6) is 5.75 Å². The predicted octanol–water partition coefficient (Wildman–Crippen LogP) is 1.92. The SMILES string of the molecule is COc1cc(C)c(C)cc1N(C)C(=O)/C=C/C(=O)O. The zero-order valence-electron chi connectivity index (χ0n) is 11.4. The van der Waals surface area contributed by atoms with E-state index in [9.17, 15) is 9.59 Å². The Hall–Kier alpha value is -2.30. The molecule has 1 amide bonds. The number of hydrogen-bond acceptors (Lipinski definition) is 3. The molecule has 0 aromatic heterocycles. The van der Waals surface area contributed by atoms with Gasteiger partial charge in [-0.15, -0.1) is 0 Å². The van der Waals surface area contributed by atoms with E-state index in [1.165, 1.54) is 12.0 Å². The van der Waals surface area contributed by atoms with E-state index in [-0.39, 0.29) is 0 Å². The third-order valence-corrected chi connectivity index (χ3v) is 2.86. The van der Waals surface area contributed by atoms with Gasteiger partial charge in [-0.1, -0.05) is 0 Å². The van der Waals surface area contributed by atoms with E-state index in [0.29, 0.717) is 11.4 Å². The lowest BCUT2D eigenvalue weighted by atomic mass is 10.1. The number of likely N-dealkylation sites (N-methyl/N-ethyl adjacent to an activating group) is 1. The number of benzene rings is 1. The van der Waals surface area contributed by atoms with Crippen molar-refractivity contribution in [3.8, 4) is 5.75 Å². The maximum atomic E-state index is 11.8. The van der Waals surface area contributed by atoms with Crippen LogP contribution in [0.1, 0.15) is 11.1 Å². The van der Waals surface area contributed by atoms with Gasteiger partial charge in [-0.3, -0.25) is 4.79 Å². The monoisotopic (exact) mass is 263 g/mol. The van der Waals surface area contributed by atoms with Crippen LogP contribution >= 0.6 is 0 Å². The summed E-state index contributed by atoms with van der Waals surface area (Å²) in [5.41, 5.74) is 2.69. The van der Waals surface area contributed by atoms with Crippen LogP contribution in [0.3, 0.4) is 0 Å². The van der Waals surface area contributed by atoms with E-state index in [0.717, 1.165) is 23.3 Å². The summed E-state index contributed by atoms with van der Waals surface area (Å²) in [6.07, 6.45) is 1.82. The standard InChI is InChI=1S/C14H17NO4/c1-9-7-11(12(19-4)8-10(9)2)15(3)13(16)5-6-14(17)18/h5-8H,1-4H3,(H,17,18)/b6-5+. The first-order valence-corrected chi connectivity index (χ1v) is 5.70. The highest BCUT2D eigenvalue weighted by Crippen LogP contribution is 2.30. The van der Waals surface area contributed by atoms with Crippen molar-refractivity contribution in [2.45, 2.75) is 13.8 Å². The molecular formula is C14H17NO4. The van der Waals surface area contributed by atoms with Crippen molar-refractivity contribution in [2.75, 3.05) is 19.1 Å². The van der Waals surface area contributed by atoms with Gasteiger partial charge < -0.3 is 14.7 Å². The summed E-state index contributed by atoms with van der Waals surface area (Å²) in [5.74, 6) is -1.01. The van der Waals surface area contributed by atoms with Crippen LogP contribution in [-0.4, -0.2) is 31.1 Å². The summed E-state index contributed by atoms with van der Waals surface area (Å²) in [7, 11) is 3.10. The van der Waals surface area contributed by atoms with Crippen LogP contribution < -0.4 is 9.64 Å². The Morgan fingerprint density at radius 2 is 1.79 bits per heavy atom. The van der Waals surface area contributed by atoms with Gasteiger partial charge in [-0.2, -0.15) is 0 Å². The number of anilines is 1. The molecule has 0 bridgehead atoms. The van der Waals surface area contributed by atoms with Crippen molar-refractivity contribution in [3.63, 3.8) is 0 Å². The summed E-state index contributed by atoms with van der Waals surface area (Å²) in [5, 5.41) is 8.51. The van der Waals surface area contributed by atoms with Gasteiger partial charge in [0.15, 0.2) is 0 Å². The van der Waals surface area contributed by atoms with E-state index in [1.807, 2.05) is 26.0 Å². The Balaban J connectivity index is 3.11. The van der Waals surface area contributed by atoms with E-state index in [2.05, 4.69) is 0 Å². The minimum absolute atomic E-state index is 0.427. The first-order valence-electron chi connectivity index (χ1n) is 5.70. The molecule has 1 rings (SSSR count). The van der Waals surface area contributed by atoms with Gasteiger partial charge in [-0.05, 0) is 37.1 Å². The molecule has 5 heteroatoms. The van der Waals surface area contributed by atoms with Crippen molar-refractivity contribution in [2.24, 2.45) is 0 Å². The molecule has 102 valence electrons. The van der Waals surface area contributed by atoms with Crippen LogP contribution in [0.25, 0.3) is 0 Å². The van der Waals surface area contributed by atoms with Gasteiger partial charge >= 0.3 is 5.97 Å². The number of ether oxygens (including phenoxy) is 1. The first kappa shape index (κ1) is 14.8. The van der Waals surface area contributed by atoms with E-state index in [1.54, 1.807) is 7.05 Å². The minimum atomic E-state index is -1.16. The van der Waals surface area contributed by atoms with E-state index < -0.39 is 11.9 Å². The normalized spacial score (nSPS) is 10.5. The highest BCUT2D eigenvalue weighted by atomic mass is 16.5. The molecule has 1 N–H and O–H groups in total. The smallest absolute Gasteiger partial charge is 0.328 e. The summed E-state index contributed by atoms with van der Waals surface area (Å²) in [6.45, 7) is 3.89. The van der Waals surface area contributed by atoms with Crippen molar-refractivity contribution < 1.29 is 19.4 Å². The molecule has 0 aliphatic rings. The first-order chi connectivity index (χ1) is 8.86. The van der Waals surface area contributed by atoms with Crippen LogP contribution in [0, 0.1) is 13.8 Å². The fraction of sp³-hybridized carbons (Fsp3) is 0.286. The number of hydrogen-bond donors (Lipinski definition) is 1. The van der Waals surface area contributed by atoms with Gasteiger partial charge in [-0.25, -0.2) is 4.79 Å². The highest BCUT2D eigenvalue weighted by molar-refractivity contribution is 6.04. The van der Waals surface area contributed by atoms with Crippen LogP contribution in [-0.2, 0) is 9.59 Å². The second-order valence-electron chi connectivity index (χ2n) is 4.18. The second kappa shape index (κ2) is 6.04. The van der Waals surface area contributed by atoms with E-state index in [4.69, 9.17) is 9.84 Å². The molecule has 1 aromatic carbocycles. The zero-order valence-corrected chi connectivity index (χ0v) is 11.4. The number of carbonyl (C=O) groups excluding carboxylic acids is 1. The number of aliphatic carboxylic acids is 1. The average molecular weight is 263 g/mol. The van der Waals surface area contributed by atoms with Crippen LogP contribution in [0.4, 0.5) is 5.69 Å². The minimum Gasteiger partial charge on any atom is -0.495 e. The maximum Gasteiger partial charge on any atom is 0.328 e. The zero-order chi connectivity index (χ0) is 14.6. The van der Waals surface area contributed by atoms with Crippen LogP contribution in [0.15, 0.2) is 24.3 Å². The fourth-order valence-corrected chi connectivity index (χ4v) is 1.57. The lowest BCUT2D eigenvalue weighted by Gasteiger charge is -2.20. The van der Waals surface area contributed by atoms with Crippen molar-refractivity contribution in [1.29, 1.82) is 0 Å². The van der Waals surface area contributed by atoms with Gasteiger partial charge in [0.25, 0.3) is 5.91 Å². The summed E-state index contributed by atoms with van der Waals surface area (Å²) in [6, 6.07) is 3.68. The molecule has 19 heavy (non-hydrogen) atoms. The number of nitrogens with zero attached hydrogens (tertiary/aromatic N) is 1. The summed E-state index contributed by atoms with van der Waals surface area (Å²) in [4.78, 5) is 23.6. The van der Waals surface area contributed by atoms with E-state index >= 15 is 0 Å². The van der Waals surface area contributed by atoms with Gasteiger partial charge in [0.2, 0.25) is 0 Å². The second-order valence-corrected chi connectivity index (χ2v) is 4.18. The molecule has 0 aliphatic carbocycles. The molecule has 0 radical (unpaired) electrons. The lowest BCUT2D eigenvalue weighted by Crippen LogP contribution is -2.25. The van der Waals surface area contributed by atoms with Gasteiger partial charge in [0.1, 0.15) is 5.75 Å². The van der Waals surface area contributed by atoms with Crippen molar-refractivity contribution in [1.82, 2.24) is 0 Å². The lowest BCUT2D eigenvalue weighted by molar-refractivity contribution is -0.131. The predicted molar refractivity (Wildman–Crippen MR) is 72.7 cm³/mol. The molecule has 0 unspecified atom stereocenters. The number of rotatable bonds is 4. The third kappa shape index (κ3) is 3.58. The summed E-state index contributed by atoms with van der Waals surface area (Å²) >= 11 is 0. The number of amides is 1. The quantitative estimate of drug-likeness (QED) is 0.843. The maximum absolute atomic E-state index is 11.8. The molecule has 0 heterocycles. The summed E-state index contributed by atoms with van der Waals surface area (Å²) < 4.78 is 5.24. The average Bonchev–Trinajstić information content (AvgIpc) is 2.37. The molecule has 0 aliphatic heterocycles. The van der Waals surface area contributed by atoms with Gasteiger partial charge in [0.05, 0.1) is 12.8 Å². The Bertz CT molecular complexity index is 534. The van der Waals surface area contributed by atoms with Crippen molar-refractivity contribution >= 4 is 17.6 Å². The van der Waals surface area contributed by atoms with Crippen LogP contribution in [0.2, 0.25) is 0 Å². The highest BCUT2D eigenvalue weighted by Gasteiger charge is 2.14. The number of carboxylic acid groups (broad SMARTS) is 1. The number of carbonyl (C=O) groups is 2. The molecule has 5 nitrogen and oxygen atoms in total. The number of methoxy groups -OCH3 is 1. The topological polar surface area (TPSA) is 66.8 Å². The molecular weight excluding hydrogens is 246 g/mol. The number of carboxylic acids is 1. The number of aryl methyl sites for hydroxylation is 2. The molecule has 0 atom stereocenters. The Kier molecular flexibility index (Phi) is 4.69. The third-order valence-electron chi connectivity index (χ3n) is 2.86. The molecule has 0 saturated heterocycles. The molecule has 1 aromatic rings. The van der Waals surface area contributed by atoms with Gasteiger partial charge in [0, 0.05) is 19.2 Å².